The summed E-state index contributed by atoms with van der Waals surface area (Å²) in [5.41, 5.74) is 1.25. The molecule has 0 aliphatic heterocycles. The Morgan fingerprint density at radius 3 is 2.63 bits per heavy atom. The van der Waals surface area contributed by atoms with Crippen molar-refractivity contribution in [2.24, 2.45) is 0 Å². The predicted octanol–water partition coefficient (Wildman–Crippen LogP) is 2.68. The van der Waals surface area contributed by atoms with Crippen molar-refractivity contribution in [3.63, 3.8) is 0 Å². The zero-order chi connectivity index (χ0) is 14.1. The monoisotopic (exact) mass is 264 g/mol. The molecule has 4 heteroatoms. The second-order valence-electron chi connectivity index (χ2n) is 4.25. The summed E-state index contributed by atoms with van der Waals surface area (Å²) in [7, 11) is 0. The molecule has 0 aromatic heterocycles. The minimum atomic E-state index is -0.0316. The molecule has 2 amide bonds. The molecule has 4 nitrogen and oxygen atoms in total. The Hall–Kier alpha value is -1.71. The number of hydrogen-bond donors (Lipinski definition) is 1. The van der Waals surface area contributed by atoms with Crippen LogP contribution in [-0.2, 0) is 6.42 Å². The first-order valence-electron chi connectivity index (χ1n) is 6.95. The van der Waals surface area contributed by atoms with E-state index in [4.69, 9.17) is 4.74 Å². The van der Waals surface area contributed by atoms with Gasteiger partial charge in [-0.15, -0.1) is 0 Å². The maximum Gasteiger partial charge on any atom is 0.317 e. The second kappa shape index (κ2) is 8.40. The van der Waals surface area contributed by atoms with Gasteiger partial charge in [0, 0.05) is 13.1 Å². The van der Waals surface area contributed by atoms with Gasteiger partial charge in [-0.3, -0.25) is 0 Å². The summed E-state index contributed by atoms with van der Waals surface area (Å²) in [6.45, 7) is 8.50. The number of urea groups is 1. The molecule has 0 bridgehead atoms. The quantitative estimate of drug-likeness (QED) is 0.769. The first-order chi connectivity index (χ1) is 9.21. The lowest BCUT2D eigenvalue weighted by Gasteiger charge is -2.19. The number of aryl methyl sites for hydroxylation is 1. The topological polar surface area (TPSA) is 41.6 Å². The first kappa shape index (κ1) is 15.3. The molecule has 0 heterocycles. The van der Waals surface area contributed by atoms with Crippen molar-refractivity contribution in [1.29, 1.82) is 0 Å². The highest BCUT2D eigenvalue weighted by molar-refractivity contribution is 5.73. The van der Waals surface area contributed by atoms with Crippen LogP contribution in [0, 0.1) is 0 Å². The van der Waals surface area contributed by atoms with E-state index in [0.29, 0.717) is 13.2 Å². The molecule has 0 saturated heterocycles. The average molecular weight is 264 g/mol. The molecule has 0 radical (unpaired) electrons. The normalized spacial score (nSPS) is 10.1. The van der Waals surface area contributed by atoms with E-state index in [1.54, 1.807) is 4.90 Å². The Bertz CT molecular complexity index is 389. The van der Waals surface area contributed by atoms with Crippen LogP contribution in [0.2, 0.25) is 0 Å². The lowest BCUT2D eigenvalue weighted by atomic mass is 10.2. The predicted molar refractivity (Wildman–Crippen MR) is 77.6 cm³/mol. The largest absolute Gasteiger partial charge is 0.492 e. The Morgan fingerprint density at radius 2 is 2.00 bits per heavy atom. The number of rotatable bonds is 7. The summed E-state index contributed by atoms with van der Waals surface area (Å²) in [5, 5.41) is 2.85. The van der Waals surface area contributed by atoms with Gasteiger partial charge in [0.1, 0.15) is 12.4 Å². The van der Waals surface area contributed by atoms with Crippen LogP contribution in [-0.4, -0.2) is 37.2 Å². The number of carbonyl (C=O) groups is 1. The van der Waals surface area contributed by atoms with E-state index in [2.05, 4.69) is 18.3 Å². The van der Waals surface area contributed by atoms with Gasteiger partial charge >= 0.3 is 6.03 Å². The van der Waals surface area contributed by atoms with Gasteiger partial charge in [0.05, 0.1) is 6.54 Å². The summed E-state index contributed by atoms with van der Waals surface area (Å²) in [6.07, 6.45) is 0.996. The SMILES string of the molecule is CCc1cccc(OCCNC(=O)N(CC)CC)c1. The third kappa shape index (κ3) is 5.20. The fourth-order valence-electron chi connectivity index (χ4n) is 1.80. The van der Waals surface area contributed by atoms with Crippen molar-refractivity contribution < 1.29 is 9.53 Å². The van der Waals surface area contributed by atoms with Crippen molar-refractivity contribution in [2.45, 2.75) is 27.2 Å². The Balaban J connectivity index is 2.28. The highest BCUT2D eigenvalue weighted by atomic mass is 16.5. The molecule has 0 aliphatic rings. The molecule has 106 valence electrons. The smallest absolute Gasteiger partial charge is 0.317 e. The molecular formula is C15H24N2O2. The number of benzene rings is 1. The zero-order valence-corrected chi connectivity index (χ0v) is 12.1. The summed E-state index contributed by atoms with van der Waals surface area (Å²) >= 11 is 0. The standard InChI is InChI=1S/C15H24N2O2/c1-4-13-8-7-9-14(12-13)19-11-10-16-15(18)17(5-2)6-3/h7-9,12H,4-6,10-11H2,1-3H3,(H,16,18). The molecule has 0 saturated carbocycles. The van der Waals surface area contributed by atoms with Crippen LogP contribution in [0.15, 0.2) is 24.3 Å². The number of nitrogens with zero attached hydrogens (tertiary/aromatic N) is 1. The van der Waals surface area contributed by atoms with Crippen molar-refractivity contribution in [3.05, 3.63) is 29.8 Å². The van der Waals surface area contributed by atoms with E-state index in [9.17, 15) is 4.79 Å². The summed E-state index contributed by atoms with van der Waals surface area (Å²) < 4.78 is 5.61. The van der Waals surface area contributed by atoms with Gasteiger partial charge in [0.15, 0.2) is 0 Å². The van der Waals surface area contributed by atoms with E-state index in [1.165, 1.54) is 5.56 Å². The summed E-state index contributed by atoms with van der Waals surface area (Å²) in [4.78, 5) is 13.4. The number of hydrogen-bond acceptors (Lipinski definition) is 2. The third-order valence-corrected chi connectivity index (χ3v) is 3.00. The molecular weight excluding hydrogens is 240 g/mol. The van der Waals surface area contributed by atoms with E-state index < -0.39 is 0 Å². The van der Waals surface area contributed by atoms with Crippen LogP contribution in [0.3, 0.4) is 0 Å². The van der Waals surface area contributed by atoms with Gasteiger partial charge in [0.25, 0.3) is 0 Å². The van der Waals surface area contributed by atoms with Gasteiger partial charge in [-0.1, -0.05) is 19.1 Å². The van der Waals surface area contributed by atoms with E-state index >= 15 is 0 Å². The minimum absolute atomic E-state index is 0.0316. The van der Waals surface area contributed by atoms with Crippen molar-refractivity contribution >= 4 is 6.03 Å². The summed E-state index contributed by atoms with van der Waals surface area (Å²) in [5.74, 6) is 0.858. The van der Waals surface area contributed by atoms with Gasteiger partial charge in [0.2, 0.25) is 0 Å². The fourth-order valence-corrected chi connectivity index (χ4v) is 1.80. The number of ether oxygens (including phenoxy) is 1. The molecule has 0 unspecified atom stereocenters. The second-order valence-corrected chi connectivity index (χ2v) is 4.25. The Kier molecular flexibility index (Phi) is 6.79. The molecule has 0 aliphatic carbocycles. The lowest BCUT2D eigenvalue weighted by molar-refractivity contribution is 0.200. The van der Waals surface area contributed by atoms with Crippen molar-refractivity contribution in [1.82, 2.24) is 10.2 Å². The molecule has 0 spiro atoms. The van der Waals surface area contributed by atoms with Crippen LogP contribution in [0.25, 0.3) is 0 Å². The highest BCUT2D eigenvalue weighted by Gasteiger charge is 2.07. The van der Waals surface area contributed by atoms with E-state index in [-0.39, 0.29) is 6.03 Å². The van der Waals surface area contributed by atoms with Crippen LogP contribution in [0.5, 0.6) is 5.75 Å². The molecule has 1 N–H and O–H groups in total. The number of nitrogens with one attached hydrogen (secondary N) is 1. The maximum absolute atomic E-state index is 11.7. The van der Waals surface area contributed by atoms with Crippen LogP contribution in [0.1, 0.15) is 26.3 Å². The minimum Gasteiger partial charge on any atom is -0.492 e. The van der Waals surface area contributed by atoms with E-state index in [1.807, 2.05) is 32.0 Å². The fraction of sp³-hybridized carbons (Fsp3) is 0.533. The van der Waals surface area contributed by atoms with Crippen molar-refractivity contribution in [3.8, 4) is 5.75 Å². The molecule has 0 atom stereocenters. The van der Waals surface area contributed by atoms with Gasteiger partial charge in [-0.25, -0.2) is 4.79 Å². The first-order valence-corrected chi connectivity index (χ1v) is 6.95. The van der Waals surface area contributed by atoms with Crippen LogP contribution in [0.4, 0.5) is 4.79 Å². The van der Waals surface area contributed by atoms with Crippen LogP contribution < -0.4 is 10.1 Å². The lowest BCUT2D eigenvalue weighted by Crippen LogP contribution is -2.41. The number of amides is 2. The van der Waals surface area contributed by atoms with Crippen molar-refractivity contribution in [2.75, 3.05) is 26.2 Å². The maximum atomic E-state index is 11.7. The Labute approximate surface area is 115 Å². The summed E-state index contributed by atoms with van der Waals surface area (Å²) in [6, 6.07) is 8.01. The van der Waals surface area contributed by atoms with Crippen LogP contribution >= 0.6 is 0 Å². The molecule has 1 aromatic rings. The van der Waals surface area contributed by atoms with Gasteiger partial charge < -0.3 is 15.0 Å². The van der Waals surface area contributed by atoms with Gasteiger partial charge in [-0.2, -0.15) is 0 Å². The highest BCUT2D eigenvalue weighted by Crippen LogP contribution is 2.13. The zero-order valence-electron chi connectivity index (χ0n) is 12.1. The Morgan fingerprint density at radius 1 is 1.26 bits per heavy atom. The number of carbonyl (C=O) groups excluding carboxylic acids is 1. The third-order valence-electron chi connectivity index (χ3n) is 3.00. The molecule has 1 aromatic carbocycles. The average Bonchev–Trinajstić information content (AvgIpc) is 2.45. The van der Waals surface area contributed by atoms with Gasteiger partial charge in [-0.05, 0) is 38.0 Å². The molecule has 1 rings (SSSR count). The van der Waals surface area contributed by atoms with E-state index in [0.717, 1.165) is 25.3 Å². The molecule has 19 heavy (non-hydrogen) atoms. The molecule has 0 fully saturated rings.